The van der Waals surface area contributed by atoms with Crippen molar-refractivity contribution in [3.05, 3.63) is 74.3 Å². The molecule has 0 bridgehead atoms. The molecule has 40 heavy (non-hydrogen) atoms. The maximum absolute atomic E-state index is 13.6. The van der Waals surface area contributed by atoms with Crippen LogP contribution in [0, 0.1) is 19.8 Å². The van der Waals surface area contributed by atoms with Crippen molar-refractivity contribution in [2.75, 3.05) is 18.0 Å². The number of benzene rings is 1. The smallest absolute Gasteiger partial charge is 0.352 e. The molecule has 2 aromatic heterocycles. The summed E-state index contributed by atoms with van der Waals surface area (Å²) in [5, 5.41) is 15.8. The van der Waals surface area contributed by atoms with Crippen LogP contribution in [0.4, 0.5) is 5.69 Å². The minimum absolute atomic E-state index is 0.203. The predicted molar refractivity (Wildman–Crippen MR) is 148 cm³/mol. The Morgan fingerprint density at radius 3 is 2.77 bits per heavy atom. The van der Waals surface area contributed by atoms with Crippen LogP contribution in [0.5, 0.6) is 0 Å². The number of rotatable bonds is 5. The van der Waals surface area contributed by atoms with Crippen molar-refractivity contribution < 1.29 is 14.7 Å². The third kappa shape index (κ3) is 3.94. The Labute approximate surface area is 231 Å². The highest BCUT2D eigenvalue weighted by Gasteiger charge is 2.61. The van der Waals surface area contributed by atoms with E-state index in [1.54, 1.807) is 24.3 Å². The molecule has 2 fully saturated rings. The number of aliphatic hydroxyl groups excluding tert-OH is 1. The summed E-state index contributed by atoms with van der Waals surface area (Å²) in [5.74, 6) is -0.278. The van der Waals surface area contributed by atoms with E-state index in [1.165, 1.54) is 19.5 Å². The van der Waals surface area contributed by atoms with Gasteiger partial charge in [0.05, 0.1) is 35.4 Å². The summed E-state index contributed by atoms with van der Waals surface area (Å²) < 4.78 is 9.85. The first-order chi connectivity index (χ1) is 19.3. The normalized spacial score (nSPS) is 28.4. The number of fused-ring (bicyclic) bond motifs is 5. The molecular weight excluding hydrogens is 512 g/mol. The number of oxime groups is 1. The fourth-order valence-corrected chi connectivity index (χ4v) is 6.68. The topological polar surface area (TPSA) is 119 Å². The van der Waals surface area contributed by atoms with Gasteiger partial charge >= 0.3 is 11.4 Å². The summed E-state index contributed by atoms with van der Waals surface area (Å²) >= 11 is 0. The van der Waals surface area contributed by atoms with Crippen LogP contribution in [0.1, 0.15) is 42.8 Å². The van der Waals surface area contributed by atoms with Crippen molar-refractivity contribution in [3.8, 4) is 5.69 Å². The highest BCUT2D eigenvalue weighted by atomic mass is 16.6. The molecule has 210 valence electrons. The summed E-state index contributed by atoms with van der Waals surface area (Å²) in [4.78, 5) is 40.0. The molecule has 0 unspecified atom stereocenters. The molecule has 1 aliphatic carbocycles. The zero-order chi connectivity index (χ0) is 27.7. The number of hydrogen-bond donors (Lipinski definition) is 1. The van der Waals surface area contributed by atoms with Gasteiger partial charge in [-0.3, -0.25) is 4.98 Å². The third-order valence-corrected chi connectivity index (χ3v) is 8.82. The quantitative estimate of drug-likeness (QED) is 0.382. The highest BCUT2D eigenvalue weighted by Crippen LogP contribution is 2.46. The Hall–Kier alpha value is -3.70. The molecule has 0 radical (unpaired) electrons. The van der Waals surface area contributed by atoms with Crippen LogP contribution in [-0.4, -0.2) is 67.2 Å². The van der Waals surface area contributed by atoms with Gasteiger partial charge < -0.3 is 19.6 Å². The predicted octanol–water partition coefficient (Wildman–Crippen LogP) is 1.73. The van der Waals surface area contributed by atoms with Crippen LogP contribution in [-0.2, 0) is 22.5 Å². The van der Waals surface area contributed by atoms with E-state index < -0.39 is 29.6 Å². The monoisotopic (exact) mass is 546 g/mol. The second kappa shape index (κ2) is 9.45. The number of nitrogens with zero attached hydrogens (tertiary/aromatic N) is 6. The van der Waals surface area contributed by atoms with Gasteiger partial charge in [-0.2, -0.15) is 0 Å². The molecule has 3 aliphatic heterocycles. The summed E-state index contributed by atoms with van der Waals surface area (Å²) in [6.07, 6.45) is 0.636. The summed E-state index contributed by atoms with van der Waals surface area (Å²) in [7, 11) is 0. The molecule has 1 saturated heterocycles. The van der Waals surface area contributed by atoms with Crippen LogP contribution in [0.3, 0.4) is 0 Å². The lowest BCUT2D eigenvalue weighted by atomic mass is 9.78. The molecule has 1 N–H and O–H groups in total. The van der Waals surface area contributed by atoms with E-state index in [9.17, 15) is 14.7 Å². The van der Waals surface area contributed by atoms with E-state index in [0.29, 0.717) is 30.9 Å². The lowest BCUT2D eigenvalue weighted by Gasteiger charge is -2.38. The standard InChI is InChI=1S/C29H34N6O5/c1-16-14-22-21(30-18(16)3)10-7-12-32(22)15-17(2)40-31-23-20-11-13-33-28(37)34(19-8-5-4-6-9-19)29(38)35(33)24(20)25(36)27-26(23)39-27/h4-6,8-9,14,17,20,24-27,36H,7,10-13,15H2,1-3H3/b31-23-/t17-,20-,24-,25+,26-,27+/m1/s1. The first kappa shape index (κ1) is 25.3. The largest absolute Gasteiger partial charge is 0.391 e. The van der Waals surface area contributed by atoms with Crippen molar-refractivity contribution in [2.45, 2.75) is 77.0 Å². The first-order valence-corrected chi connectivity index (χ1v) is 14.1. The average Bonchev–Trinajstić information content (AvgIpc) is 3.70. The SMILES string of the molecule is Cc1cc2c(nc1C)CCCN2C[C@@H](C)O/N=C1/[C@H]2CCn3c(=O)n(-c4ccccc4)c(=O)n3[C@H]2[C@H](O)[C@@H]2O[C@H]12. The number of para-hydroxylation sites is 1. The van der Waals surface area contributed by atoms with E-state index in [1.807, 2.05) is 19.9 Å². The summed E-state index contributed by atoms with van der Waals surface area (Å²) in [5.41, 5.74) is 4.86. The number of epoxide rings is 1. The Balaban J connectivity index is 1.15. The molecule has 1 aromatic carbocycles. The summed E-state index contributed by atoms with van der Waals surface area (Å²) in [6.45, 7) is 8.07. The Kier molecular flexibility index (Phi) is 5.97. The van der Waals surface area contributed by atoms with Crippen LogP contribution >= 0.6 is 0 Å². The van der Waals surface area contributed by atoms with Gasteiger partial charge in [0, 0.05) is 24.7 Å². The molecule has 11 nitrogen and oxygen atoms in total. The lowest BCUT2D eigenvalue weighted by Crippen LogP contribution is -2.53. The second-order valence-electron chi connectivity index (χ2n) is 11.4. The molecule has 6 atom stereocenters. The van der Waals surface area contributed by atoms with Crippen molar-refractivity contribution in [1.82, 2.24) is 18.9 Å². The molecular formula is C29H34N6O5. The van der Waals surface area contributed by atoms with Gasteiger partial charge in [0.2, 0.25) is 0 Å². The number of hydrogen-bond acceptors (Lipinski definition) is 8. The van der Waals surface area contributed by atoms with Crippen LogP contribution in [0.2, 0.25) is 0 Å². The van der Waals surface area contributed by atoms with Gasteiger partial charge in [0.15, 0.2) is 0 Å². The molecule has 7 rings (SSSR count). The van der Waals surface area contributed by atoms with E-state index in [4.69, 9.17) is 14.6 Å². The number of aromatic nitrogens is 4. The molecule has 11 heteroatoms. The number of pyridine rings is 1. The van der Waals surface area contributed by atoms with Crippen molar-refractivity contribution in [3.63, 3.8) is 0 Å². The zero-order valence-electron chi connectivity index (χ0n) is 22.9. The van der Waals surface area contributed by atoms with E-state index in [-0.39, 0.29) is 18.1 Å². The number of aryl methyl sites for hydroxylation is 3. The van der Waals surface area contributed by atoms with Gasteiger partial charge in [-0.05, 0) is 63.8 Å². The van der Waals surface area contributed by atoms with Crippen LogP contribution in [0.25, 0.3) is 5.69 Å². The molecule has 0 spiro atoms. The molecule has 5 heterocycles. The van der Waals surface area contributed by atoms with Gasteiger partial charge in [0.25, 0.3) is 0 Å². The minimum Gasteiger partial charge on any atom is -0.391 e. The van der Waals surface area contributed by atoms with Gasteiger partial charge in [0.1, 0.15) is 24.4 Å². The maximum atomic E-state index is 13.6. The lowest BCUT2D eigenvalue weighted by molar-refractivity contribution is 0.0300. The van der Waals surface area contributed by atoms with Gasteiger partial charge in [-0.1, -0.05) is 23.4 Å². The number of ether oxygens (including phenoxy) is 1. The fourth-order valence-electron chi connectivity index (χ4n) is 6.68. The van der Waals surface area contributed by atoms with Crippen molar-refractivity contribution in [1.29, 1.82) is 0 Å². The van der Waals surface area contributed by atoms with Crippen LogP contribution in [0.15, 0.2) is 51.1 Å². The maximum Gasteiger partial charge on any atom is 0.352 e. The Bertz CT molecular complexity index is 1610. The third-order valence-electron chi connectivity index (χ3n) is 8.82. The second-order valence-corrected chi connectivity index (χ2v) is 11.4. The van der Waals surface area contributed by atoms with Crippen LogP contribution < -0.4 is 16.3 Å². The van der Waals surface area contributed by atoms with E-state index >= 15 is 0 Å². The van der Waals surface area contributed by atoms with Crippen molar-refractivity contribution in [2.24, 2.45) is 11.1 Å². The molecule has 3 aromatic rings. The van der Waals surface area contributed by atoms with Gasteiger partial charge in [-0.15, -0.1) is 0 Å². The number of anilines is 1. The molecule has 1 saturated carbocycles. The zero-order valence-corrected chi connectivity index (χ0v) is 22.9. The Morgan fingerprint density at radius 2 is 1.98 bits per heavy atom. The summed E-state index contributed by atoms with van der Waals surface area (Å²) in [6, 6.07) is 10.4. The average molecular weight is 547 g/mol. The molecule has 4 aliphatic rings. The minimum atomic E-state index is -0.925. The first-order valence-electron chi connectivity index (χ1n) is 14.1. The highest BCUT2D eigenvalue weighted by molar-refractivity contribution is 5.94. The Morgan fingerprint density at radius 1 is 1.18 bits per heavy atom. The molecule has 0 amide bonds. The van der Waals surface area contributed by atoms with Crippen molar-refractivity contribution >= 4 is 11.4 Å². The van der Waals surface area contributed by atoms with E-state index in [2.05, 4.69) is 23.0 Å². The van der Waals surface area contributed by atoms with E-state index in [0.717, 1.165) is 36.5 Å². The van der Waals surface area contributed by atoms with Gasteiger partial charge in [-0.25, -0.2) is 23.5 Å². The fraction of sp³-hybridized carbons (Fsp3) is 0.517. The number of aliphatic hydroxyl groups is 1.